The van der Waals surface area contributed by atoms with Gasteiger partial charge in [0.15, 0.2) is 11.6 Å². The van der Waals surface area contributed by atoms with E-state index in [4.69, 9.17) is 14.2 Å². The zero-order valence-corrected chi connectivity index (χ0v) is 22.4. The Labute approximate surface area is 207 Å². The summed E-state index contributed by atoms with van der Waals surface area (Å²) in [6, 6.07) is 4.20. The van der Waals surface area contributed by atoms with Gasteiger partial charge >= 0.3 is 0 Å². The van der Waals surface area contributed by atoms with Crippen LogP contribution < -0.4 is 0 Å². The number of rotatable bonds is 21. The van der Waals surface area contributed by atoms with Crippen LogP contribution in [-0.4, -0.2) is 24.8 Å². The summed E-state index contributed by atoms with van der Waals surface area (Å²) in [4.78, 5) is 0. The Morgan fingerprint density at radius 1 is 0.647 bits per heavy atom. The van der Waals surface area contributed by atoms with E-state index >= 15 is 0 Å². The van der Waals surface area contributed by atoms with Gasteiger partial charge in [-0.05, 0) is 71.1 Å². The third-order valence-corrected chi connectivity index (χ3v) is 5.93. The minimum atomic E-state index is -0.781. The first-order chi connectivity index (χ1) is 16.3. The molecule has 198 valence electrons. The minimum Gasteiger partial charge on any atom is -0.327 e. The van der Waals surface area contributed by atoms with E-state index in [1.165, 1.54) is 57.1 Å². The molecule has 0 amide bonds. The fourth-order valence-electron chi connectivity index (χ4n) is 4.06. The molecule has 0 N–H and O–H groups in total. The van der Waals surface area contributed by atoms with Gasteiger partial charge in [0.25, 0.3) is 6.48 Å². The first kappa shape index (κ1) is 31.0. The maximum Gasteiger partial charge on any atom is 0.272 e. The molecule has 1 atom stereocenters. The number of aryl methyl sites for hydroxylation is 1. The van der Waals surface area contributed by atoms with Crippen molar-refractivity contribution in [3.8, 4) is 0 Å². The molecular formula is C29H50F2O3. The molecule has 0 aliphatic heterocycles. The third-order valence-electron chi connectivity index (χ3n) is 5.93. The van der Waals surface area contributed by atoms with Crippen LogP contribution in [-0.2, 0) is 20.6 Å². The highest BCUT2D eigenvalue weighted by molar-refractivity contribution is 5.17. The predicted octanol–water partition coefficient (Wildman–Crippen LogP) is 9.12. The van der Waals surface area contributed by atoms with Crippen LogP contribution >= 0.6 is 0 Å². The second kappa shape index (κ2) is 19.2. The summed E-state index contributed by atoms with van der Waals surface area (Å²) in [6.07, 6.45) is 16.2. The molecule has 0 aliphatic rings. The number of benzene rings is 1. The topological polar surface area (TPSA) is 27.7 Å². The van der Waals surface area contributed by atoms with Crippen molar-refractivity contribution in [2.45, 2.75) is 149 Å². The lowest BCUT2D eigenvalue weighted by Crippen LogP contribution is -2.31. The molecule has 34 heavy (non-hydrogen) atoms. The average Bonchev–Trinajstić information content (AvgIpc) is 2.76. The van der Waals surface area contributed by atoms with Crippen LogP contribution in [0.15, 0.2) is 18.2 Å². The average molecular weight is 485 g/mol. The Kier molecular flexibility index (Phi) is 17.5. The van der Waals surface area contributed by atoms with Gasteiger partial charge in [0, 0.05) is 0 Å². The Morgan fingerprint density at radius 3 is 1.71 bits per heavy atom. The van der Waals surface area contributed by atoms with Crippen molar-refractivity contribution < 1.29 is 23.0 Å². The maximum atomic E-state index is 13.4. The van der Waals surface area contributed by atoms with Crippen LogP contribution in [0, 0.1) is 11.6 Å². The maximum absolute atomic E-state index is 13.4. The van der Waals surface area contributed by atoms with Crippen molar-refractivity contribution in [2.24, 2.45) is 0 Å². The molecule has 0 saturated carbocycles. The molecule has 3 nitrogen and oxygen atoms in total. The molecule has 1 aromatic rings. The highest BCUT2D eigenvalue weighted by Gasteiger charge is 2.20. The Morgan fingerprint density at radius 2 is 1.18 bits per heavy atom. The summed E-state index contributed by atoms with van der Waals surface area (Å²) in [7, 11) is 0. The van der Waals surface area contributed by atoms with Crippen LogP contribution in [0.25, 0.3) is 0 Å². The van der Waals surface area contributed by atoms with Crippen molar-refractivity contribution >= 4 is 0 Å². The molecule has 0 spiro atoms. The zero-order valence-electron chi connectivity index (χ0n) is 22.4. The minimum absolute atomic E-state index is 0.0410. The summed E-state index contributed by atoms with van der Waals surface area (Å²) in [6.45, 7) is 9.62. The molecule has 0 saturated heterocycles. The fraction of sp³-hybridized carbons (Fsp3) is 0.793. The fourth-order valence-corrected chi connectivity index (χ4v) is 4.06. The van der Waals surface area contributed by atoms with E-state index in [9.17, 15) is 8.78 Å². The van der Waals surface area contributed by atoms with E-state index in [0.717, 1.165) is 50.5 Å². The van der Waals surface area contributed by atoms with Crippen molar-refractivity contribution in [3.05, 3.63) is 35.4 Å². The van der Waals surface area contributed by atoms with Crippen molar-refractivity contribution in [3.63, 3.8) is 0 Å². The first-order valence-electron chi connectivity index (χ1n) is 13.7. The number of hydrogen-bond acceptors (Lipinski definition) is 3. The quantitative estimate of drug-likeness (QED) is 0.129. The summed E-state index contributed by atoms with van der Waals surface area (Å²) >= 11 is 0. The van der Waals surface area contributed by atoms with E-state index in [1.807, 2.05) is 27.7 Å². The van der Waals surface area contributed by atoms with Crippen LogP contribution in [0.2, 0.25) is 0 Å². The van der Waals surface area contributed by atoms with Gasteiger partial charge in [0.2, 0.25) is 0 Å². The molecule has 1 unspecified atom stereocenters. The van der Waals surface area contributed by atoms with Crippen LogP contribution in [0.3, 0.4) is 0 Å². The summed E-state index contributed by atoms with van der Waals surface area (Å²) < 4.78 is 44.5. The predicted molar refractivity (Wildman–Crippen MR) is 137 cm³/mol. The van der Waals surface area contributed by atoms with Crippen molar-refractivity contribution in [1.82, 2.24) is 0 Å². The lowest BCUT2D eigenvalue weighted by atomic mass is 10.0. The zero-order chi connectivity index (χ0) is 25.2. The van der Waals surface area contributed by atoms with Gasteiger partial charge < -0.3 is 14.2 Å². The number of hydrogen-bond donors (Lipinski definition) is 0. The highest BCUT2D eigenvalue weighted by atomic mass is 19.2. The van der Waals surface area contributed by atoms with Crippen LogP contribution in [0.4, 0.5) is 8.78 Å². The monoisotopic (exact) mass is 484 g/mol. The van der Waals surface area contributed by atoms with E-state index in [-0.39, 0.29) is 18.3 Å². The standard InChI is InChI=1S/C29H50F2O3/c1-6-7-8-9-10-11-15-18-26(34-29(32-23(2)3)33-24(4)5)19-16-13-12-14-17-25-20-21-27(30)28(31)22-25/h20-24,26,29H,6-19H2,1-5H3. The summed E-state index contributed by atoms with van der Waals surface area (Å²) in [5, 5.41) is 0. The molecule has 0 fully saturated rings. The number of unbranched alkanes of at least 4 members (excludes halogenated alkanes) is 9. The first-order valence-corrected chi connectivity index (χ1v) is 13.7. The van der Waals surface area contributed by atoms with E-state index in [0.29, 0.717) is 0 Å². The smallest absolute Gasteiger partial charge is 0.272 e. The highest BCUT2D eigenvalue weighted by Crippen LogP contribution is 2.20. The number of halogens is 2. The van der Waals surface area contributed by atoms with Gasteiger partial charge in [-0.25, -0.2) is 8.78 Å². The molecule has 1 aromatic carbocycles. The lowest BCUT2D eigenvalue weighted by molar-refractivity contribution is -0.327. The molecule has 0 heterocycles. The SMILES string of the molecule is CCCCCCCCCC(CCCCCCc1ccc(F)c(F)c1)OC(OC(C)C)OC(C)C. The molecule has 0 radical (unpaired) electrons. The molecule has 0 bridgehead atoms. The van der Waals surface area contributed by atoms with Gasteiger partial charge in [-0.1, -0.05) is 77.2 Å². The molecule has 0 aliphatic carbocycles. The second-order valence-corrected chi connectivity index (χ2v) is 10.0. The van der Waals surface area contributed by atoms with Gasteiger partial charge in [-0.3, -0.25) is 0 Å². The molecule has 5 heteroatoms. The van der Waals surface area contributed by atoms with Gasteiger partial charge in [-0.15, -0.1) is 0 Å². The van der Waals surface area contributed by atoms with E-state index < -0.39 is 18.1 Å². The second-order valence-electron chi connectivity index (χ2n) is 10.0. The van der Waals surface area contributed by atoms with Crippen molar-refractivity contribution in [1.29, 1.82) is 0 Å². The Hall–Kier alpha value is -1.04. The van der Waals surface area contributed by atoms with Gasteiger partial charge in [0.1, 0.15) is 0 Å². The van der Waals surface area contributed by atoms with E-state index in [1.54, 1.807) is 6.07 Å². The van der Waals surface area contributed by atoms with Crippen LogP contribution in [0.1, 0.15) is 124 Å². The summed E-state index contributed by atoms with van der Waals surface area (Å²) in [5.74, 6) is -1.54. The lowest BCUT2D eigenvalue weighted by Gasteiger charge is -2.27. The summed E-state index contributed by atoms with van der Waals surface area (Å²) in [5.41, 5.74) is 0.860. The van der Waals surface area contributed by atoms with E-state index in [2.05, 4.69) is 6.92 Å². The molecule has 0 aromatic heterocycles. The van der Waals surface area contributed by atoms with Crippen LogP contribution in [0.5, 0.6) is 0 Å². The Bertz CT molecular complexity index is 611. The Balaban J connectivity index is 2.42. The number of ether oxygens (including phenoxy) is 3. The third kappa shape index (κ3) is 15.8. The molecular weight excluding hydrogens is 434 g/mol. The van der Waals surface area contributed by atoms with Crippen molar-refractivity contribution in [2.75, 3.05) is 0 Å². The van der Waals surface area contributed by atoms with Gasteiger partial charge in [0.05, 0.1) is 18.3 Å². The van der Waals surface area contributed by atoms with Gasteiger partial charge in [-0.2, -0.15) is 0 Å². The normalized spacial score (nSPS) is 12.9. The largest absolute Gasteiger partial charge is 0.327 e. The molecule has 1 rings (SSSR count).